The van der Waals surface area contributed by atoms with Crippen molar-refractivity contribution >= 4 is 17.4 Å². The summed E-state index contributed by atoms with van der Waals surface area (Å²) in [5.74, 6) is -0.193. The van der Waals surface area contributed by atoms with Crippen LogP contribution in [0.5, 0.6) is 0 Å². The molecule has 102 valence electrons. The number of benzene rings is 2. The molecular weight excluding hydrogens is 250 g/mol. The molecule has 0 aliphatic heterocycles. The summed E-state index contributed by atoms with van der Waals surface area (Å²) in [6, 6.07) is 12.6. The Bertz CT molecular complexity index is 674. The maximum Gasteiger partial charge on any atom is 0.221 e. The van der Waals surface area contributed by atoms with Crippen LogP contribution in [0.15, 0.2) is 42.5 Å². The van der Waals surface area contributed by atoms with Gasteiger partial charge < -0.3 is 5.32 Å². The number of carbonyl (C=O) groups excluding carboxylic acids is 2. The van der Waals surface area contributed by atoms with Crippen molar-refractivity contribution < 1.29 is 9.59 Å². The molecule has 0 unspecified atom stereocenters. The Morgan fingerprint density at radius 3 is 2.25 bits per heavy atom. The van der Waals surface area contributed by atoms with E-state index in [2.05, 4.69) is 5.32 Å². The van der Waals surface area contributed by atoms with Crippen LogP contribution in [0.1, 0.15) is 34.0 Å². The number of hydrogen-bond acceptors (Lipinski definition) is 2. The van der Waals surface area contributed by atoms with Gasteiger partial charge in [0.2, 0.25) is 5.91 Å². The van der Waals surface area contributed by atoms with Crippen molar-refractivity contribution in [1.82, 2.24) is 0 Å². The quantitative estimate of drug-likeness (QED) is 0.865. The molecule has 1 N–H and O–H groups in total. The molecule has 0 fully saturated rings. The van der Waals surface area contributed by atoms with Crippen LogP contribution >= 0.6 is 0 Å². The molecule has 2 aromatic carbocycles. The van der Waals surface area contributed by atoms with Crippen molar-refractivity contribution in [3.05, 3.63) is 64.7 Å². The Morgan fingerprint density at radius 2 is 1.60 bits per heavy atom. The molecule has 0 aliphatic carbocycles. The van der Waals surface area contributed by atoms with E-state index in [-0.39, 0.29) is 11.7 Å². The molecule has 0 saturated carbocycles. The fourth-order valence-electron chi connectivity index (χ4n) is 1.99. The molecule has 1 amide bonds. The first-order valence-corrected chi connectivity index (χ1v) is 6.47. The van der Waals surface area contributed by atoms with E-state index >= 15 is 0 Å². The van der Waals surface area contributed by atoms with Crippen molar-refractivity contribution in [2.45, 2.75) is 20.8 Å². The van der Waals surface area contributed by atoms with Crippen LogP contribution in [0.4, 0.5) is 5.69 Å². The predicted octanol–water partition coefficient (Wildman–Crippen LogP) is 3.49. The van der Waals surface area contributed by atoms with E-state index in [9.17, 15) is 9.59 Å². The van der Waals surface area contributed by atoms with E-state index in [4.69, 9.17) is 0 Å². The van der Waals surface area contributed by atoms with Gasteiger partial charge in [0, 0.05) is 23.7 Å². The highest BCUT2D eigenvalue weighted by Gasteiger charge is 2.10. The first kappa shape index (κ1) is 14.0. The Hall–Kier alpha value is -2.42. The molecule has 0 bridgehead atoms. The lowest BCUT2D eigenvalue weighted by molar-refractivity contribution is -0.114. The average molecular weight is 267 g/mol. The molecule has 0 radical (unpaired) electrons. The molecule has 0 aromatic heterocycles. The summed E-state index contributed by atoms with van der Waals surface area (Å²) in [5.41, 5.74) is 4.11. The van der Waals surface area contributed by atoms with Gasteiger partial charge in [-0.2, -0.15) is 0 Å². The van der Waals surface area contributed by atoms with Crippen molar-refractivity contribution in [1.29, 1.82) is 0 Å². The van der Waals surface area contributed by atoms with E-state index in [1.54, 1.807) is 24.3 Å². The van der Waals surface area contributed by atoms with Gasteiger partial charge in [0.05, 0.1) is 0 Å². The van der Waals surface area contributed by atoms with Crippen LogP contribution in [-0.2, 0) is 4.79 Å². The lowest BCUT2D eigenvalue weighted by Crippen LogP contribution is -2.07. The van der Waals surface area contributed by atoms with Gasteiger partial charge in [0.25, 0.3) is 0 Å². The minimum Gasteiger partial charge on any atom is -0.326 e. The summed E-state index contributed by atoms with van der Waals surface area (Å²) in [5, 5.41) is 2.68. The molecule has 3 nitrogen and oxygen atoms in total. The molecule has 0 saturated heterocycles. The Balaban J connectivity index is 2.33. The van der Waals surface area contributed by atoms with Crippen molar-refractivity contribution in [3.8, 4) is 0 Å². The van der Waals surface area contributed by atoms with Crippen molar-refractivity contribution in [3.63, 3.8) is 0 Å². The van der Waals surface area contributed by atoms with Gasteiger partial charge in [-0.05, 0) is 43.2 Å². The first-order valence-electron chi connectivity index (χ1n) is 6.47. The second kappa shape index (κ2) is 5.70. The van der Waals surface area contributed by atoms with E-state index in [1.807, 2.05) is 32.0 Å². The number of nitrogens with one attached hydrogen (secondary N) is 1. The fraction of sp³-hybridized carbons (Fsp3) is 0.176. The lowest BCUT2D eigenvalue weighted by Gasteiger charge is -2.07. The highest BCUT2D eigenvalue weighted by atomic mass is 16.1. The summed E-state index contributed by atoms with van der Waals surface area (Å²) in [4.78, 5) is 23.5. The van der Waals surface area contributed by atoms with E-state index in [1.165, 1.54) is 6.92 Å². The number of amides is 1. The number of ketones is 1. The van der Waals surface area contributed by atoms with Gasteiger partial charge >= 0.3 is 0 Å². The molecule has 20 heavy (non-hydrogen) atoms. The first-order chi connectivity index (χ1) is 9.47. The molecule has 3 heteroatoms. The highest BCUT2D eigenvalue weighted by Crippen LogP contribution is 2.17. The third-order valence-electron chi connectivity index (χ3n) is 3.21. The van der Waals surface area contributed by atoms with Gasteiger partial charge in [-0.15, -0.1) is 0 Å². The zero-order valence-corrected chi connectivity index (χ0v) is 11.9. The van der Waals surface area contributed by atoms with E-state index < -0.39 is 0 Å². The third-order valence-corrected chi connectivity index (χ3v) is 3.21. The highest BCUT2D eigenvalue weighted by molar-refractivity contribution is 6.09. The Labute approximate surface area is 118 Å². The molecular formula is C17H17NO2. The van der Waals surface area contributed by atoms with Crippen LogP contribution in [0.25, 0.3) is 0 Å². The fourth-order valence-corrected chi connectivity index (χ4v) is 1.99. The molecule has 2 aromatic rings. The number of aryl methyl sites for hydroxylation is 2. The molecule has 2 rings (SSSR count). The largest absolute Gasteiger partial charge is 0.326 e. The molecule has 0 atom stereocenters. The van der Waals surface area contributed by atoms with Crippen LogP contribution < -0.4 is 5.32 Å². The van der Waals surface area contributed by atoms with Gasteiger partial charge in [-0.1, -0.05) is 24.3 Å². The van der Waals surface area contributed by atoms with E-state index in [0.717, 1.165) is 11.1 Å². The Kier molecular flexibility index (Phi) is 3.99. The van der Waals surface area contributed by atoms with Crippen LogP contribution in [-0.4, -0.2) is 11.7 Å². The molecule has 0 spiro atoms. The molecule has 0 aliphatic rings. The van der Waals surface area contributed by atoms with Crippen molar-refractivity contribution in [2.75, 3.05) is 5.32 Å². The number of hydrogen-bond donors (Lipinski definition) is 1. The lowest BCUT2D eigenvalue weighted by atomic mass is 9.99. The maximum absolute atomic E-state index is 12.4. The zero-order chi connectivity index (χ0) is 14.7. The zero-order valence-electron chi connectivity index (χ0n) is 11.9. The number of anilines is 1. The number of rotatable bonds is 3. The maximum atomic E-state index is 12.4. The van der Waals surface area contributed by atoms with Crippen LogP contribution in [0.2, 0.25) is 0 Å². The summed E-state index contributed by atoms with van der Waals surface area (Å²) < 4.78 is 0. The average Bonchev–Trinajstić information content (AvgIpc) is 2.40. The predicted molar refractivity (Wildman–Crippen MR) is 80.1 cm³/mol. The minimum absolute atomic E-state index is 0.0414. The van der Waals surface area contributed by atoms with E-state index in [0.29, 0.717) is 16.8 Å². The monoisotopic (exact) mass is 267 g/mol. The number of carbonyl (C=O) groups is 2. The summed E-state index contributed by atoms with van der Waals surface area (Å²) >= 11 is 0. The topological polar surface area (TPSA) is 46.2 Å². The smallest absolute Gasteiger partial charge is 0.221 e. The van der Waals surface area contributed by atoms with Crippen molar-refractivity contribution in [2.24, 2.45) is 0 Å². The van der Waals surface area contributed by atoms with Gasteiger partial charge in [0.15, 0.2) is 5.78 Å². The second-order valence-electron chi connectivity index (χ2n) is 4.89. The summed E-state index contributed by atoms with van der Waals surface area (Å²) in [7, 11) is 0. The summed E-state index contributed by atoms with van der Waals surface area (Å²) in [6.07, 6.45) is 0. The third kappa shape index (κ3) is 3.12. The normalized spacial score (nSPS) is 10.2. The van der Waals surface area contributed by atoms with Crippen LogP contribution in [0.3, 0.4) is 0 Å². The van der Waals surface area contributed by atoms with Gasteiger partial charge in [0.1, 0.15) is 0 Å². The van der Waals surface area contributed by atoms with Gasteiger partial charge in [-0.25, -0.2) is 0 Å². The van der Waals surface area contributed by atoms with Gasteiger partial charge in [-0.3, -0.25) is 9.59 Å². The Morgan fingerprint density at radius 1 is 0.900 bits per heavy atom. The minimum atomic E-state index is -0.152. The molecule has 0 heterocycles. The summed E-state index contributed by atoms with van der Waals surface area (Å²) in [6.45, 7) is 5.44. The second-order valence-corrected chi connectivity index (χ2v) is 4.89. The SMILES string of the molecule is CC(=O)Nc1cccc(C(=O)c2ccc(C)c(C)c2)c1. The van der Waals surface area contributed by atoms with Crippen LogP contribution in [0, 0.1) is 13.8 Å². The standard InChI is InChI=1S/C17H17NO2/c1-11-7-8-15(9-12(11)2)17(20)14-5-4-6-16(10-14)18-13(3)19/h4-10H,1-3H3,(H,18,19).